The fourth-order valence-electron chi connectivity index (χ4n) is 3.25. The van der Waals surface area contributed by atoms with Crippen LogP contribution in [0, 0.1) is 5.92 Å². The molecule has 0 aromatic heterocycles. The second-order valence-electron chi connectivity index (χ2n) is 7.28. The first kappa shape index (κ1) is 19.9. The Labute approximate surface area is 154 Å². The molecule has 2 rings (SSSR count). The highest BCUT2D eigenvalue weighted by atomic mass is 16.4. The van der Waals surface area contributed by atoms with Gasteiger partial charge < -0.3 is 15.3 Å². The van der Waals surface area contributed by atoms with E-state index in [0.717, 1.165) is 12.8 Å². The molecule has 0 atom stereocenters. The Hall–Kier alpha value is -2.37. The number of piperidine rings is 1. The van der Waals surface area contributed by atoms with Crippen LogP contribution >= 0.6 is 0 Å². The van der Waals surface area contributed by atoms with Gasteiger partial charge >= 0.3 is 5.97 Å². The molecule has 1 fully saturated rings. The number of nitrogens with one attached hydrogen (secondary N) is 1. The Bertz CT molecular complexity index is 649. The minimum absolute atomic E-state index is 0.0721. The number of aryl methyl sites for hydroxylation is 1. The Morgan fingerprint density at radius 3 is 2.46 bits per heavy atom. The molecule has 0 unspecified atom stereocenters. The number of carbonyl (C=O) groups is 3. The number of nitrogens with zero attached hydrogens (tertiary/aromatic N) is 1. The van der Waals surface area contributed by atoms with Crippen molar-refractivity contribution >= 4 is 17.8 Å². The quantitative estimate of drug-likeness (QED) is 0.782. The van der Waals surface area contributed by atoms with E-state index < -0.39 is 5.97 Å². The number of hydrogen-bond acceptors (Lipinski definition) is 3. The number of rotatable bonds is 7. The van der Waals surface area contributed by atoms with Crippen molar-refractivity contribution in [3.05, 3.63) is 35.4 Å². The minimum atomic E-state index is -0.973. The molecule has 1 aromatic rings. The number of amides is 2. The zero-order chi connectivity index (χ0) is 19.1. The van der Waals surface area contributed by atoms with Gasteiger partial charge in [-0.05, 0) is 36.8 Å². The first-order chi connectivity index (χ1) is 12.4. The maximum absolute atomic E-state index is 12.2. The molecule has 26 heavy (non-hydrogen) atoms. The number of aromatic carboxylic acids is 1. The predicted octanol–water partition coefficient (Wildman–Crippen LogP) is 2.47. The van der Waals surface area contributed by atoms with Crippen LogP contribution in [-0.2, 0) is 16.0 Å². The van der Waals surface area contributed by atoms with Gasteiger partial charge in [-0.25, -0.2) is 4.79 Å². The lowest BCUT2D eigenvalue weighted by atomic mass is 10.0. The molecule has 1 aliphatic heterocycles. The number of carboxylic acids is 1. The van der Waals surface area contributed by atoms with Crippen LogP contribution in [-0.4, -0.2) is 46.9 Å². The molecular formula is C20H28N2O4. The van der Waals surface area contributed by atoms with Crippen molar-refractivity contribution < 1.29 is 19.5 Å². The molecule has 0 saturated carbocycles. The van der Waals surface area contributed by atoms with Crippen LogP contribution in [0.5, 0.6) is 0 Å². The summed E-state index contributed by atoms with van der Waals surface area (Å²) in [5, 5.41) is 12.2. The van der Waals surface area contributed by atoms with E-state index >= 15 is 0 Å². The Balaban J connectivity index is 1.76. The average molecular weight is 360 g/mol. The summed E-state index contributed by atoms with van der Waals surface area (Å²) < 4.78 is 0. The van der Waals surface area contributed by atoms with Crippen molar-refractivity contribution in [2.45, 2.75) is 52.0 Å². The first-order valence-corrected chi connectivity index (χ1v) is 9.25. The summed E-state index contributed by atoms with van der Waals surface area (Å²) in [6.45, 7) is 5.43. The van der Waals surface area contributed by atoms with E-state index in [0.29, 0.717) is 37.4 Å². The van der Waals surface area contributed by atoms with Crippen LogP contribution in [0.2, 0.25) is 0 Å². The summed E-state index contributed by atoms with van der Waals surface area (Å²) in [6.07, 6.45) is 2.76. The van der Waals surface area contributed by atoms with Gasteiger partial charge in [0.05, 0.1) is 5.56 Å². The molecule has 2 amide bonds. The summed E-state index contributed by atoms with van der Waals surface area (Å²) in [4.78, 5) is 37.3. The Kier molecular flexibility index (Phi) is 7.18. The SMILES string of the molecule is CC(C)CC(=O)N1CCC(NC(=O)CCc2ccccc2C(=O)O)CC1. The number of likely N-dealkylation sites (tertiary alicyclic amines) is 1. The monoisotopic (exact) mass is 360 g/mol. The van der Waals surface area contributed by atoms with E-state index in [4.69, 9.17) is 0 Å². The van der Waals surface area contributed by atoms with Crippen LogP contribution in [0.3, 0.4) is 0 Å². The molecule has 2 N–H and O–H groups in total. The van der Waals surface area contributed by atoms with E-state index in [9.17, 15) is 19.5 Å². The molecule has 142 valence electrons. The summed E-state index contributed by atoms with van der Waals surface area (Å²) in [6, 6.07) is 6.85. The van der Waals surface area contributed by atoms with Crippen molar-refractivity contribution in [1.82, 2.24) is 10.2 Å². The molecule has 0 aliphatic carbocycles. The third-order valence-electron chi connectivity index (χ3n) is 4.66. The lowest BCUT2D eigenvalue weighted by Gasteiger charge is -2.33. The number of carboxylic acid groups (broad SMARTS) is 1. The van der Waals surface area contributed by atoms with Crippen LogP contribution in [0.25, 0.3) is 0 Å². The summed E-state index contributed by atoms with van der Waals surface area (Å²) in [5.41, 5.74) is 0.918. The van der Waals surface area contributed by atoms with Gasteiger partial charge in [0.25, 0.3) is 0 Å². The van der Waals surface area contributed by atoms with E-state index in [1.807, 2.05) is 18.7 Å². The highest BCUT2D eigenvalue weighted by Gasteiger charge is 2.24. The number of benzene rings is 1. The second-order valence-corrected chi connectivity index (χ2v) is 7.28. The molecule has 1 aliphatic rings. The maximum atomic E-state index is 12.2. The van der Waals surface area contributed by atoms with Crippen LogP contribution in [0.4, 0.5) is 0 Å². The Morgan fingerprint density at radius 2 is 1.85 bits per heavy atom. The summed E-state index contributed by atoms with van der Waals surface area (Å²) in [5.74, 6) is -0.500. The van der Waals surface area contributed by atoms with Gasteiger partial charge in [-0.1, -0.05) is 32.0 Å². The first-order valence-electron chi connectivity index (χ1n) is 9.25. The molecule has 1 aromatic carbocycles. The third kappa shape index (κ3) is 5.86. The van der Waals surface area contributed by atoms with E-state index in [1.54, 1.807) is 24.3 Å². The molecule has 0 bridgehead atoms. The molecule has 0 spiro atoms. The van der Waals surface area contributed by atoms with Crippen LogP contribution in [0.1, 0.15) is 55.5 Å². The van der Waals surface area contributed by atoms with Gasteiger partial charge in [0.15, 0.2) is 0 Å². The average Bonchev–Trinajstić information content (AvgIpc) is 2.60. The molecule has 0 radical (unpaired) electrons. The van der Waals surface area contributed by atoms with Gasteiger partial charge in [0.2, 0.25) is 11.8 Å². The van der Waals surface area contributed by atoms with Crippen LogP contribution < -0.4 is 5.32 Å². The lowest BCUT2D eigenvalue weighted by Crippen LogP contribution is -2.46. The standard InChI is InChI=1S/C20H28N2O4/c1-14(2)13-19(24)22-11-9-16(10-12-22)21-18(23)8-7-15-5-3-4-6-17(15)20(25)26/h3-6,14,16H,7-13H2,1-2H3,(H,21,23)(H,25,26). The van der Waals surface area contributed by atoms with Crippen molar-refractivity contribution in [2.24, 2.45) is 5.92 Å². The fraction of sp³-hybridized carbons (Fsp3) is 0.550. The zero-order valence-corrected chi connectivity index (χ0v) is 15.5. The number of carbonyl (C=O) groups excluding carboxylic acids is 2. The van der Waals surface area contributed by atoms with Crippen LogP contribution in [0.15, 0.2) is 24.3 Å². The normalized spacial score (nSPS) is 15.1. The van der Waals surface area contributed by atoms with E-state index in [1.165, 1.54) is 0 Å². The van der Waals surface area contributed by atoms with Crippen molar-refractivity contribution in [1.29, 1.82) is 0 Å². The van der Waals surface area contributed by atoms with Crippen molar-refractivity contribution in [3.8, 4) is 0 Å². The van der Waals surface area contributed by atoms with Gasteiger partial charge in [0.1, 0.15) is 0 Å². The highest BCUT2D eigenvalue weighted by Crippen LogP contribution is 2.15. The fourth-order valence-corrected chi connectivity index (χ4v) is 3.25. The second kappa shape index (κ2) is 9.36. The van der Waals surface area contributed by atoms with Gasteiger partial charge in [-0.15, -0.1) is 0 Å². The minimum Gasteiger partial charge on any atom is -0.478 e. The number of hydrogen-bond donors (Lipinski definition) is 2. The molecule has 1 heterocycles. The molecular weight excluding hydrogens is 332 g/mol. The largest absolute Gasteiger partial charge is 0.478 e. The van der Waals surface area contributed by atoms with Gasteiger partial charge in [-0.3, -0.25) is 9.59 Å². The molecule has 6 heteroatoms. The third-order valence-corrected chi connectivity index (χ3v) is 4.66. The summed E-state index contributed by atoms with van der Waals surface area (Å²) >= 11 is 0. The summed E-state index contributed by atoms with van der Waals surface area (Å²) in [7, 11) is 0. The zero-order valence-electron chi connectivity index (χ0n) is 15.5. The van der Waals surface area contributed by atoms with E-state index in [2.05, 4.69) is 5.32 Å². The predicted molar refractivity (Wildman–Crippen MR) is 98.9 cm³/mol. The van der Waals surface area contributed by atoms with Gasteiger partial charge in [0, 0.05) is 32.0 Å². The van der Waals surface area contributed by atoms with Crippen molar-refractivity contribution in [2.75, 3.05) is 13.1 Å². The molecule has 1 saturated heterocycles. The van der Waals surface area contributed by atoms with Crippen molar-refractivity contribution in [3.63, 3.8) is 0 Å². The maximum Gasteiger partial charge on any atom is 0.335 e. The smallest absolute Gasteiger partial charge is 0.335 e. The molecule has 6 nitrogen and oxygen atoms in total. The lowest BCUT2D eigenvalue weighted by molar-refractivity contribution is -0.133. The van der Waals surface area contributed by atoms with Gasteiger partial charge in [-0.2, -0.15) is 0 Å². The highest BCUT2D eigenvalue weighted by molar-refractivity contribution is 5.89. The Morgan fingerprint density at radius 1 is 1.19 bits per heavy atom. The topological polar surface area (TPSA) is 86.7 Å². The van der Waals surface area contributed by atoms with E-state index in [-0.39, 0.29) is 29.8 Å².